The highest BCUT2D eigenvalue weighted by Crippen LogP contribution is 2.18. The molecule has 3 aromatic rings. The van der Waals surface area contributed by atoms with Crippen LogP contribution >= 0.6 is 0 Å². The van der Waals surface area contributed by atoms with E-state index in [0.717, 1.165) is 0 Å². The van der Waals surface area contributed by atoms with Gasteiger partial charge in [0.05, 0.1) is 17.2 Å². The fraction of sp³-hybridized carbons (Fsp3) is 0.300. The van der Waals surface area contributed by atoms with E-state index in [1.165, 1.54) is 17.0 Å². The average molecular weight is 381 g/mol. The maximum atomic E-state index is 13.4. The summed E-state index contributed by atoms with van der Waals surface area (Å²) in [6.07, 6.45) is 1.42. The predicted molar refractivity (Wildman–Crippen MR) is 104 cm³/mol. The molecule has 0 saturated carbocycles. The Morgan fingerprint density at radius 3 is 2.79 bits per heavy atom. The molecule has 0 radical (unpaired) electrons. The van der Waals surface area contributed by atoms with E-state index in [9.17, 15) is 14.0 Å². The molecule has 1 amide bonds. The Bertz CT molecular complexity index is 1080. The molecule has 144 valence electrons. The standard InChI is InChI=1S/C20H20FN5O2/c1-14-11-24(9-10-26(14)18-8-4-7-17(21)23-18)19(27)12-25-13-22-16-6-3-2-5-15(16)20(25)28/h2-8,13-14H,9-12H2,1H3. The number of aromatic nitrogens is 3. The van der Waals surface area contributed by atoms with Crippen LogP contribution in [0.15, 0.2) is 53.6 Å². The molecule has 1 fully saturated rings. The number of halogens is 1. The molecule has 1 atom stereocenters. The maximum absolute atomic E-state index is 13.4. The summed E-state index contributed by atoms with van der Waals surface area (Å²) < 4.78 is 14.7. The number of carbonyl (C=O) groups is 1. The van der Waals surface area contributed by atoms with Crippen LogP contribution in [0.4, 0.5) is 10.2 Å². The molecule has 28 heavy (non-hydrogen) atoms. The summed E-state index contributed by atoms with van der Waals surface area (Å²) in [5, 5.41) is 0.494. The van der Waals surface area contributed by atoms with Gasteiger partial charge in [0.15, 0.2) is 0 Å². The van der Waals surface area contributed by atoms with Crippen molar-refractivity contribution in [3.8, 4) is 0 Å². The van der Waals surface area contributed by atoms with Crippen LogP contribution in [-0.4, -0.2) is 51.0 Å². The molecular formula is C20H20FN5O2. The van der Waals surface area contributed by atoms with E-state index in [-0.39, 0.29) is 24.1 Å². The molecule has 1 unspecified atom stereocenters. The summed E-state index contributed by atoms with van der Waals surface area (Å²) in [5.74, 6) is -0.0983. The molecule has 2 aromatic heterocycles. The molecule has 4 rings (SSSR count). The summed E-state index contributed by atoms with van der Waals surface area (Å²) in [4.78, 5) is 37.2. The van der Waals surface area contributed by atoms with Crippen molar-refractivity contribution < 1.29 is 9.18 Å². The summed E-state index contributed by atoms with van der Waals surface area (Å²) in [5.41, 5.74) is 0.385. The monoisotopic (exact) mass is 381 g/mol. The van der Waals surface area contributed by atoms with Crippen molar-refractivity contribution in [2.75, 3.05) is 24.5 Å². The van der Waals surface area contributed by atoms with Gasteiger partial charge in [-0.15, -0.1) is 0 Å². The van der Waals surface area contributed by atoms with Crippen molar-refractivity contribution in [2.24, 2.45) is 0 Å². The molecule has 0 aliphatic carbocycles. The third-order valence-corrected chi connectivity index (χ3v) is 5.01. The van der Waals surface area contributed by atoms with Gasteiger partial charge in [-0.1, -0.05) is 18.2 Å². The number of carbonyl (C=O) groups excluding carboxylic acids is 1. The van der Waals surface area contributed by atoms with Crippen molar-refractivity contribution in [1.29, 1.82) is 0 Å². The van der Waals surface area contributed by atoms with Gasteiger partial charge < -0.3 is 9.80 Å². The molecule has 7 nitrogen and oxygen atoms in total. The van der Waals surface area contributed by atoms with Crippen LogP contribution in [-0.2, 0) is 11.3 Å². The normalized spacial score (nSPS) is 17.1. The van der Waals surface area contributed by atoms with Gasteiger partial charge in [-0.25, -0.2) is 9.97 Å². The Labute approximate surface area is 161 Å². The van der Waals surface area contributed by atoms with Crippen LogP contribution in [0.5, 0.6) is 0 Å². The predicted octanol–water partition coefficient (Wildman–Crippen LogP) is 1.67. The number of hydrogen-bond donors (Lipinski definition) is 0. The first-order chi connectivity index (χ1) is 13.5. The molecule has 3 heterocycles. The van der Waals surface area contributed by atoms with Crippen molar-refractivity contribution >= 4 is 22.6 Å². The van der Waals surface area contributed by atoms with E-state index in [4.69, 9.17) is 0 Å². The number of hydrogen-bond acceptors (Lipinski definition) is 5. The van der Waals surface area contributed by atoms with Crippen molar-refractivity contribution in [3.05, 3.63) is 65.1 Å². The lowest BCUT2D eigenvalue weighted by atomic mass is 10.2. The second-order valence-electron chi connectivity index (χ2n) is 6.90. The minimum Gasteiger partial charge on any atom is -0.350 e. The number of nitrogens with zero attached hydrogens (tertiary/aromatic N) is 5. The molecule has 1 aliphatic heterocycles. The topological polar surface area (TPSA) is 71.3 Å². The Balaban J connectivity index is 1.47. The van der Waals surface area contributed by atoms with Crippen LogP contribution in [0.2, 0.25) is 0 Å². The quantitative estimate of drug-likeness (QED) is 0.646. The largest absolute Gasteiger partial charge is 0.350 e. The summed E-state index contributed by atoms with van der Waals surface area (Å²) in [7, 11) is 0. The molecular weight excluding hydrogens is 361 g/mol. The number of pyridine rings is 1. The Morgan fingerprint density at radius 1 is 1.18 bits per heavy atom. The van der Waals surface area contributed by atoms with Crippen molar-refractivity contribution in [1.82, 2.24) is 19.4 Å². The minimum atomic E-state index is -0.522. The fourth-order valence-electron chi connectivity index (χ4n) is 3.55. The first-order valence-corrected chi connectivity index (χ1v) is 9.14. The maximum Gasteiger partial charge on any atom is 0.261 e. The highest BCUT2D eigenvalue weighted by Gasteiger charge is 2.28. The first-order valence-electron chi connectivity index (χ1n) is 9.14. The van der Waals surface area contributed by atoms with Gasteiger partial charge in [-0.05, 0) is 31.2 Å². The van der Waals surface area contributed by atoms with Crippen LogP contribution in [0.3, 0.4) is 0 Å². The zero-order valence-corrected chi connectivity index (χ0v) is 15.5. The SMILES string of the molecule is CC1CN(C(=O)Cn2cnc3ccccc3c2=O)CCN1c1cccc(F)n1. The summed E-state index contributed by atoms with van der Waals surface area (Å²) in [6, 6.07) is 11.8. The lowest BCUT2D eigenvalue weighted by Crippen LogP contribution is -2.54. The second kappa shape index (κ2) is 7.38. The van der Waals surface area contributed by atoms with Crippen molar-refractivity contribution in [3.63, 3.8) is 0 Å². The fourth-order valence-corrected chi connectivity index (χ4v) is 3.55. The van der Waals surface area contributed by atoms with E-state index in [1.54, 1.807) is 35.2 Å². The highest BCUT2D eigenvalue weighted by atomic mass is 19.1. The van der Waals surface area contributed by atoms with Gasteiger partial charge >= 0.3 is 0 Å². The third kappa shape index (κ3) is 3.45. The number of amides is 1. The molecule has 0 bridgehead atoms. The molecule has 0 spiro atoms. The first kappa shape index (κ1) is 18.1. The molecule has 1 aromatic carbocycles. The average Bonchev–Trinajstić information content (AvgIpc) is 2.70. The summed E-state index contributed by atoms with van der Waals surface area (Å²) in [6.45, 7) is 3.43. The number of piperazine rings is 1. The van der Waals surface area contributed by atoms with Gasteiger partial charge in [-0.2, -0.15) is 4.39 Å². The second-order valence-corrected chi connectivity index (χ2v) is 6.90. The van der Waals surface area contributed by atoms with Crippen LogP contribution in [0.1, 0.15) is 6.92 Å². The van der Waals surface area contributed by atoms with Gasteiger partial charge in [-0.3, -0.25) is 14.2 Å². The lowest BCUT2D eigenvalue weighted by Gasteiger charge is -2.40. The van der Waals surface area contributed by atoms with Gasteiger partial charge in [0.2, 0.25) is 11.9 Å². The van der Waals surface area contributed by atoms with E-state index in [0.29, 0.717) is 36.4 Å². The molecule has 1 aliphatic rings. The smallest absolute Gasteiger partial charge is 0.261 e. The zero-order chi connectivity index (χ0) is 19.7. The van der Waals surface area contributed by atoms with Crippen molar-refractivity contribution in [2.45, 2.75) is 19.5 Å². The van der Waals surface area contributed by atoms with E-state index >= 15 is 0 Å². The number of benzene rings is 1. The molecule has 0 N–H and O–H groups in total. The van der Waals surface area contributed by atoms with Crippen LogP contribution in [0.25, 0.3) is 10.9 Å². The number of para-hydroxylation sites is 1. The van der Waals surface area contributed by atoms with Crippen LogP contribution < -0.4 is 10.5 Å². The van der Waals surface area contributed by atoms with Gasteiger partial charge in [0.1, 0.15) is 12.4 Å². The van der Waals surface area contributed by atoms with E-state index in [2.05, 4.69) is 9.97 Å². The molecule has 8 heteroatoms. The Kier molecular flexibility index (Phi) is 4.77. The minimum absolute atomic E-state index is 0.0153. The van der Waals surface area contributed by atoms with E-state index < -0.39 is 5.95 Å². The number of fused-ring (bicyclic) bond motifs is 1. The summed E-state index contributed by atoms with van der Waals surface area (Å²) >= 11 is 0. The third-order valence-electron chi connectivity index (χ3n) is 5.01. The number of rotatable bonds is 3. The Morgan fingerprint density at radius 2 is 2.00 bits per heavy atom. The zero-order valence-electron chi connectivity index (χ0n) is 15.5. The molecule has 1 saturated heterocycles. The number of anilines is 1. The highest BCUT2D eigenvalue weighted by molar-refractivity contribution is 5.79. The van der Waals surface area contributed by atoms with Gasteiger partial charge in [0.25, 0.3) is 5.56 Å². The van der Waals surface area contributed by atoms with E-state index in [1.807, 2.05) is 17.9 Å². The van der Waals surface area contributed by atoms with Gasteiger partial charge in [0, 0.05) is 25.7 Å². The Hall–Kier alpha value is -3.29. The lowest BCUT2D eigenvalue weighted by molar-refractivity contribution is -0.132. The van der Waals surface area contributed by atoms with Crippen LogP contribution in [0, 0.1) is 5.95 Å².